The van der Waals surface area contributed by atoms with Crippen LogP contribution in [0.15, 0.2) is 0 Å². The fourth-order valence-electron chi connectivity index (χ4n) is 1.74. The molecule has 0 fully saturated rings. The average molecular weight is 262 g/mol. The number of carbonyl (C=O) groups excluding carboxylic acids is 1. The minimum Gasteiger partial charge on any atom is -0.388 e. The number of carbonyl (C=O) groups is 1. The summed E-state index contributed by atoms with van der Waals surface area (Å²) in [6, 6.07) is -0.475. The van der Waals surface area contributed by atoms with Gasteiger partial charge in [0.2, 0.25) is 5.91 Å². The first-order chi connectivity index (χ1) is 7.78. The van der Waals surface area contributed by atoms with E-state index in [2.05, 4.69) is 5.32 Å². The fourth-order valence-corrected chi connectivity index (χ4v) is 2.23. The molecule has 0 aromatic heterocycles. The van der Waals surface area contributed by atoms with Gasteiger partial charge in [0.25, 0.3) is 0 Å². The molecule has 4 N–H and O–H groups in total. The smallest absolute Gasteiger partial charge is 0.237 e. The van der Waals surface area contributed by atoms with Gasteiger partial charge in [-0.15, -0.1) is 0 Å². The van der Waals surface area contributed by atoms with E-state index in [1.165, 1.54) is 0 Å². The van der Waals surface area contributed by atoms with Crippen LogP contribution in [-0.4, -0.2) is 41.2 Å². The number of hydrogen-bond donors (Lipinski definition) is 3. The van der Waals surface area contributed by atoms with Gasteiger partial charge in [-0.1, -0.05) is 13.8 Å². The molecule has 4 nitrogen and oxygen atoms in total. The molecule has 0 bridgehead atoms. The lowest BCUT2D eigenvalue weighted by molar-refractivity contribution is -0.123. The Bertz CT molecular complexity index is 233. The molecule has 1 amide bonds. The Kier molecular flexibility index (Phi) is 7.83. The number of hydrogen-bond acceptors (Lipinski definition) is 4. The van der Waals surface area contributed by atoms with Crippen molar-refractivity contribution in [2.24, 2.45) is 11.7 Å². The van der Waals surface area contributed by atoms with Crippen molar-refractivity contribution >= 4 is 17.7 Å². The largest absolute Gasteiger partial charge is 0.388 e. The lowest BCUT2D eigenvalue weighted by Crippen LogP contribution is -2.47. The Morgan fingerprint density at radius 3 is 2.59 bits per heavy atom. The lowest BCUT2D eigenvalue weighted by atomic mass is 9.94. The van der Waals surface area contributed by atoms with E-state index in [0.717, 1.165) is 5.75 Å². The van der Waals surface area contributed by atoms with E-state index in [4.69, 9.17) is 5.73 Å². The van der Waals surface area contributed by atoms with Gasteiger partial charge in [0, 0.05) is 6.54 Å². The van der Waals surface area contributed by atoms with Gasteiger partial charge in [0.15, 0.2) is 0 Å². The SMILES string of the molecule is CSCC[C@H](N)C(=O)NCC(C)(O)CC(C)C. The van der Waals surface area contributed by atoms with Crippen molar-refractivity contribution in [3.8, 4) is 0 Å². The van der Waals surface area contributed by atoms with Crippen molar-refractivity contribution in [1.29, 1.82) is 0 Å². The van der Waals surface area contributed by atoms with Crippen LogP contribution >= 0.6 is 11.8 Å². The minimum absolute atomic E-state index is 0.178. The average Bonchev–Trinajstić information content (AvgIpc) is 2.20. The lowest BCUT2D eigenvalue weighted by Gasteiger charge is -2.26. The third-order valence-electron chi connectivity index (χ3n) is 2.46. The summed E-state index contributed by atoms with van der Waals surface area (Å²) in [5.74, 6) is 1.09. The van der Waals surface area contributed by atoms with E-state index in [0.29, 0.717) is 18.8 Å². The van der Waals surface area contributed by atoms with E-state index in [-0.39, 0.29) is 12.5 Å². The minimum atomic E-state index is -0.858. The summed E-state index contributed by atoms with van der Waals surface area (Å²) in [5.41, 5.74) is 4.87. The Balaban J connectivity index is 3.97. The molecular weight excluding hydrogens is 236 g/mol. The maximum atomic E-state index is 11.6. The Labute approximate surface area is 109 Å². The van der Waals surface area contributed by atoms with Gasteiger partial charge in [-0.05, 0) is 37.7 Å². The molecule has 0 aliphatic carbocycles. The summed E-state index contributed by atoms with van der Waals surface area (Å²) in [6.45, 7) is 6.08. The molecule has 0 heterocycles. The van der Waals surface area contributed by atoms with Crippen molar-refractivity contribution in [1.82, 2.24) is 5.32 Å². The number of nitrogens with one attached hydrogen (secondary N) is 1. The summed E-state index contributed by atoms with van der Waals surface area (Å²) < 4.78 is 0. The van der Waals surface area contributed by atoms with Gasteiger partial charge in [0.1, 0.15) is 0 Å². The summed E-state index contributed by atoms with van der Waals surface area (Å²) in [5, 5.41) is 12.7. The molecule has 0 aromatic rings. The fraction of sp³-hybridized carbons (Fsp3) is 0.917. The number of thioether (sulfide) groups is 1. The van der Waals surface area contributed by atoms with Gasteiger partial charge >= 0.3 is 0 Å². The Hall–Kier alpha value is -0.260. The van der Waals surface area contributed by atoms with Crippen LogP contribution in [-0.2, 0) is 4.79 Å². The second kappa shape index (κ2) is 7.95. The second-order valence-corrected chi connectivity index (χ2v) is 6.19. The first-order valence-electron chi connectivity index (χ1n) is 6.03. The number of aliphatic hydroxyl groups is 1. The van der Waals surface area contributed by atoms with E-state index >= 15 is 0 Å². The van der Waals surface area contributed by atoms with Crippen LogP contribution < -0.4 is 11.1 Å². The van der Waals surface area contributed by atoms with Crippen LogP contribution in [0, 0.1) is 5.92 Å². The van der Waals surface area contributed by atoms with E-state index in [9.17, 15) is 9.90 Å². The van der Waals surface area contributed by atoms with Crippen LogP contribution in [0.25, 0.3) is 0 Å². The molecule has 0 radical (unpaired) electrons. The van der Waals surface area contributed by atoms with E-state index in [1.54, 1.807) is 18.7 Å². The van der Waals surface area contributed by atoms with Gasteiger partial charge in [-0.2, -0.15) is 11.8 Å². The zero-order valence-corrected chi connectivity index (χ0v) is 12.1. The first kappa shape index (κ1) is 16.7. The molecule has 0 aromatic carbocycles. The molecule has 0 saturated heterocycles. The first-order valence-corrected chi connectivity index (χ1v) is 7.42. The summed E-state index contributed by atoms with van der Waals surface area (Å²) in [6.07, 6.45) is 3.31. The topological polar surface area (TPSA) is 75.4 Å². The highest BCUT2D eigenvalue weighted by Gasteiger charge is 2.23. The Morgan fingerprint density at radius 2 is 2.12 bits per heavy atom. The Morgan fingerprint density at radius 1 is 1.53 bits per heavy atom. The molecule has 102 valence electrons. The molecule has 17 heavy (non-hydrogen) atoms. The molecule has 1 unspecified atom stereocenters. The van der Waals surface area contributed by atoms with Gasteiger partial charge in [0.05, 0.1) is 11.6 Å². The predicted octanol–water partition coefficient (Wildman–Crippen LogP) is 0.980. The molecule has 0 saturated carbocycles. The highest BCUT2D eigenvalue weighted by molar-refractivity contribution is 7.98. The van der Waals surface area contributed by atoms with E-state index in [1.807, 2.05) is 20.1 Å². The highest BCUT2D eigenvalue weighted by Crippen LogP contribution is 2.15. The van der Waals surface area contributed by atoms with Crippen molar-refractivity contribution in [3.05, 3.63) is 0 Å². The van der Waals surface area contributed by atoms with Gasteiger partial charge in [-0.25, -0.2) is 0 Å². The van der Waals surface area contributed by atoms with Crippen molar-refractivity contribution in [2.45, 2.75) is 45.3 Å². The molecule has 2 atom stereocenters. The van der Waals surface area contributed by atoms with Crippen LogP contribution in [0.1, 0.15) is 33.6 Å². The maximum absolute atomic E-state index is 11.6. The van der Waals surface area contributed by atoms with E-state index < -0.39 is 11.6 Å². The van der Waals surface area contributed by atoms with Crippen LogP contribution in [0.4, 0.5) is 0 Å². The van der Waals surface area contributed by atoms with Crippen LogP contribution in [0.2, 0.25) is 0 Å². The molecule has 0 spiro atoms. The van der Waals surface area contributed by atoms with Crippen molar-refractivity contribution in [2.75, 3.05) is 18.6 Å². The highest BCUT2D eigenvalue weighted by atomic mass is 32.2. The standard InChI is InChI=1S/C12H26N2O2S/c1-9(2)7-12(3,16)8-14-11(15)10(13)5-6-17-4/h9-10,16H,5-8,13H2,1-4H3,(H,14,15)/t10-,12?/m0/s1. The van der Waals surface area contributed by atoms with Crippen molar-refractivity contribution in [3.63, 3.8) is 0 Å². The monoisotopic (exact) mass is 262 g/mol. The number of rotatable bonds is 8. The molecular formula is C12H26N2O2S. The molecule has 0 aliphatic heterocycles. The van der Waals surface area contributed by atoms with Gasteiger partial charge in [-0.3, -0.25) is 4.79 Å². The molecule has 5 heteroatoms. The molecule has 0 rings (SSSR count). The van der Waals surface area contributed by atoms with Crippen LogP contribution in [0.5, 0.6) is 0 Å². The molecule has 0 aliphatic rings. The van der Waals surface area contributed by atoms with Crippen molar-refractivity contribution < 1.29 is 9.90 Å². The maximum Gasteiger partial charge on any atom is 0.237 e. The number of nitrogens with two attached hydrogens (primary N) is 1. The van der Waals surface area contributed by atoms with Crippen LogP contribution in [0.3, 0.4) is 0 Å². The summed E-state index contributed by atoms with van der Waals surface area (Å²) >= 11 is 1.67. The zero-order valence-electron chi connectivity index (χ0n) is 11.3. The quantitative estimate of drug-likeness (QED) is 0.609. The van der Waals surface area contributed by atoms with Gasteiger partial charge < -0.3 is 16.2 Å². The third kappa shape index (κ3) is 8.46. The summed E-state index contributed by atoms with van der Waals surface area (Å²) in [7, 11) is 0. The summed E-state index contributed by atoms with van der Waals surface area (Å²) in [4.78, 5) is 11.6. The predicted molar refractivity (Wildman–Crippen MR) is 74.1 cm³/mol. The normalized spacial score (nSPS) is 16.6. The third-order valence-corrected chi connectivity index (χ3v) is 3.11. The second-order valence-electron chi connectivity index (χ2n) is 5.20. The number of amides is 1. The zero-order chi connectivity index (χ0) is 13.5.